The number of carbonyl (C=O) groups is 5. The van der Waals surface area contributed by atoms with Gasteiger partial charge in [-0.1, -0.05) is 154 Å². The van der Waals surface area contributed by atoms with Gasteiger partial charge in [-0.15, -0.1) is 0 Å². The normalized spacial score (nSPS) is 14.0. The van der Waals surface area contributed by atoms with Crippen molar-refractivity contribution in [3.8, 4) is 0 Å². The number of imide groups is 1. The van der Waals surface area contributed by atoms with Crippen LogP contribution in [0.25, 0.3) is 0 Å². The predicted molar refractivity (Wildman–Crippen MR) is 239 cm³/mol. The molecule has 3 amide bonds. The van der Waals surface area contributed by atoms with Gasteiger partial charge in [-0.05, 0) is 43.4 Å². The third kappa shape index (κ3) is 27.3. The minimum atomic E-state index is -4.60. The topological polar surface area (TPSA) is 175 Å². The number of nitrogens with one attached hydrogen (secondary N) is 1. The number of phosphoric acid groups is 1. The molecule has 1 aliphatic heterocycles. The number of anilines is 1. The third-order valence-corrected chi connectivity index (χ3v) is 11.7. The van der Waals surface area contributed by atoms with Gasteiger partial charge in [0.15, 0.2) is 6.10 Å². The van der Waals surface area contributed by atoms with Crippen molar-refractivity contribution in [3.05, 3.63) is 42.0 Å². The lowest BCUT2D eigenvalue weighted by atomic mass is 10.1. The van der Waals surface area contributed by atoms with Gasteiger partial charge in [0.1, 0.15) is 6.61 Å². The van der Waals surface area contributed by atoms with E-state index in [0.29, 0.717) is 31.4 Å². The van der Waals surface area contributed by atoms with Crippen LogP contribution in [0.1, 0.15) is 186 Å². The smallest absolute Gasteiger partial charge is 0.462 e. The first-order valence-corrected chi connectivity index (χ1v) is 24.9. The van der Waals surface area contributed by atoms with Crippen LogP contribution in [-0.4, -0.2) is 67.0 Å². The van der Waals surface area contributed by atoms with Gasteiger partial charge in [-0.25, -0.2) is 9.46 Å². The maximum atomic E-state index is 12.7. The number of amides is 3. The van der Waals surface area contributed by atoms with E-state index in [1.807, 2.05) is 0 Å². The van der Waals surface area contributed by atoms with Crippen LogP contribution in [0.2, 0.25) is 0 Å². The summed E-state index contributed by atoms with van der Waals surface area (Å²) in [7, 11) is -4.60. The van der Waals surface area contributed by atoms with Crippen molar-refractivity contribution in [2.24, 2.45) is 0 Å². The highest BCUT2D eigenvalue weighted by Gasteiger charge is 2.27. The lowest BCUT2D eigenvalue weighted by molar-refractivity contribution is -0.161. The van der Waals surface area contributed by atoms with Crippen LogP contribution >= 0.6 is 7.82 Å². The van der Waals surface area contributed by atoms with Crippen LogP contribution in [0, 0.1) is 0 Å². The van der Waals surface area contributed by atoms with Gasteiger partial charge in [-0.3, -0.25) is 33.0 Å². The second-order valence-electron chi connectivity index (χ2n) is 16.2. The molecule has 2 N–H and O–H groups in total. The number of phosphoric ester groups is 1. The zero-order valence-corrected chi connectivity index (χ0v) is 38.3. The Kier molecular flexibility index (Phi) is 30.1. The van der Waals surface area contributed by atoms with E-state index in [2.05, 4.69) is 19.2 Å². The monoisotopic (exact) mass is 877 g/mol. The van der Waals surface area contributed by atoms with E-state index in [-0.39, 0.29) is 56.7 Å². The molecule has 61 heavy (non-hydrogen) atoms. The summed E-state index contributed by atoms with van der Waals surface area (Å²) in [4.78, 5) is 72.8. The molecule has 0 aliphatic carbocycles. The molecule has 0 saturated heterocycles. The van der Waals surface area contributed by atoms with Crippen molar-refractivity contribution in [1.29, 1.82) is 0 Å². The van der Waals surface area contributed by atoms with Gasteiger partial charge < -0.3 is 19.7 Å². The van der Waals surface area contributed by atoms with Crippen molar-refractivity contribution >= 4 is 43.2 Å². The Bertz CT molecular complexity index is 1450. The second kappa shape index (κ2) is 34.1. The molecule has 0 spiro atoms. The molecule has 0 fully saturated rings. The number of ether oxygens (including phenoxy) is 2. The first kappa shape index (κ1) is 53.8. The van der Waals surface area contributed by atoms with E-state index >= 15 is 0 Å². The van der Waals surface area contributed by atoms with Gasteiger partial charge in [0, 0.05) is 38.0 Å². The molecule has 0 saturated carbocycles. The molecule has 0 radical (unpaired) electrons. The number of hydrogen-bond acceptors (Lipinski definition) is 10. The van der Waals surface area contributed by atoms with Gasteiger partial charge in [0.2, 0.25) is 5.91 Å². The molecule has 14 heteroatoms. The van der Waals surface area contributed by atoms with E-state index < -0.39 is 32.5 Å². The zero-order chi connectivity index (χ0) is 44.4. The highest BCUT2D eigenvalue weighted by atomic mass is 31.2. The fraction of sp³-hybridized carbons (Fsp3) is 0.723. The number of benzene rings is 1. The van der Waals surface area contributed by atoms with E-state index in [1.165, 1.54) is 102 Å². The van der Waals surface area contributed by atoms with Crippen molar-refractivity contribution in [2.75, 3.05) is 31.3 Å². The maximum absolute atomic E-state index is 12.7. The summed E-state index contributed by atoms with van der Waals surface area (Å²) < 4.78 is 33.8. The van der Waals surface area contributed by atoms with Crippen LogP contribution in [0.5, 0.6) is 0 Å². The molecule has 2 atom stereocenters. The summed E-state index contributed by atoms with van der Waals surface area (Å²) in [5.74, 6) is -1.97. The number of esters is 2. The standard InChI is InChI=1S/C47H77N2O11P/c1-3-5-7-9-11-13-15-17-19-21-23-28-46(53)57-38-42(60-47(54)29-24-22-20-18-16-14-12-10-8-6-4-2)39-59-61(55,56)58-37-36-48-43(50)27-25-26-40-30-32-41(33-31-40)49-44(51)34-35-45(49)52/h30-35,42H,3-29,36-39H2,1-2H3,(H,48,50)(H,55,56). The maximum Gasteiger partial charge on any atom is 0.472 e. The van der Waals surface area contributed by atoms with Crippen molar-refractivity contribution in [2.45, 2.75) is 193 Å². The fourth-order valence-electron chi connectivity index (χ4n) is 7.06. The molecule has 1 heterocycles. The summed E-state index contributed by atoms with van der Waals surface area (Å²) in [6, 6.07) is 6.97. The highest BCUT2D eigenvalue weighted by Crippen LogP contribution is 2.43. The van der Waals surface area contributed by atoms with Gasteiger partial charge in [0.05, 0.1) is 18.9 Å². The summed E-state index contributed by atoms with van der Waals surface area (Å²) in [6.45, 7) is 3.27. The molecule has 1 aromatic rings. The van der Waals surface area contributed by atoms with Gasteiger partial charge in [-0.2, -0.15) is 0 Å². The van der Waals surface area contributed by atoms with E-state index in [0.717, 1.165) is 49.0 Å². The van der Waals surface area contributed by atoms with Crippen molar-refractivity contribution in [1.82, 2.24) is 5.32 Å². The average Bonchev–Trinajstić information content (AvgIpc) is 3.58. The summed E-state index contributed by atoms with van der Waals surface area (Å²) in [6.07, 6.45) is 28.5. The molecule has 13 nitrogen and oxygen atoms in total. The number of nitrogens with zero attached hydrogens (tertiary/aromatic N) is 1. The van der Waals surface area contributed by atoms with Crippen molar-refractivity contribution < 1.29 is 52.0 Å². The number of aryl methyl sites for hydroxylation is 1. The van der Waals surface area contributed by atoms with Crippen molar-refractivity contribution in [3.63, 3.8) is 0 Å². The second-order valence-corrected chi connectivity index (χ2v) is 17.6. The molecule has 0 aromatic heterocycles. The Balaban J connectivity index is 1.69. The third-order valence-electron chi connectivity index (χ3n) is 10.7. The summed E-state index contributed by atoms with van der Waals surface area (Å²) in [5.41, 5.74) is 1.41. The Morgan fingerprint density at radius 2 is 1.10 bits per heavy atom. The predicted octanol–water partition coefficient (Wildman–Crippen LogP) is 10.5. The number of rotatable bonds is 39. The Morgan fingerprint density at radius 1 is 0.623 bits per heavy atom. The molecule has 346 valence electrons. The van der Waals surface area contributed by atoms with Crippen LogP contribution in [0.15, 0.2) is 36.4 Å². The van der Waals surface area contributed by atoms with Crippen LogP contribution in [0.4, 0.5) is 5.69 Å². The molecule has 1 aliphatic rings. The van der Waals surface area contributed by atoms with Gasteiger partial charge >= 0.3 is 19.8 Å². The number of unbranched alkanes of at least 4 members (excludes halogenated alkanes) is 20. The molecular formula is C47H77N2O11P. The molecule has 0 bridgehead atoms. The van der Waals surface area contributed by atoms with Crippen LogP contribution in [0.3, 0.4) is 0 Å². The highest BCUT2D eigenvalue weighted by molar-refractivity contribution is 7.47. The molecule has 1 aromatic carbocycles. The Labute approximate surface area is 366 Å². The average molecular weight is 877 g/mol. The van der Waals surface area contributed by atoms with E-state index in [4.69, 9.17) is 18.5 Å². The first-order valence-electron chi connectivity index (χ1n) is 23.4. The molecular weight excluding hydrogens is 799 g/mol. The first-order chi connectivity index (χ1) is 29.5. The Hall–Kier alpha value is -3.38. The molecule has 2 rings (SSSR count). The minimum absolute atomic E-state index is 0.0403. The Morgan fingerprint density at radius 3 is 1.61 bits per heavy atom. The molecule has 2 unspecified atom stereocenters. The summed E-state index contributed by atoms with van der Waals surface area (Å²) in [5, 5.41) is 2.64. The van der Waals surface area contributed by atoms with Crippen LogP contribution < -0.4 is 10.2 Å². The lowest BCUT2D eigenvalue weighted by Crippen LogP contribution is -2.30. The van der Waals surface area contributed by atoms with E-state index in [1.54, 1.807) is 24.3 Å². The minimum Gasteiger partial charge on any atom is -0.462 e. The van der Waals surface area contributed by atoms with Crippen LogP contribution in [-0.2, 0) is 53.5 Å². The quantitative estimate of drug-likeness (QED) is 0.0279. The number of hydrogen-bond donors (Lipinski definition) is 2. The lowest BCUT2D eigenvalue weighted by Gasteiger charge is -2.20. The fourth-order valence-corrected chi connectivity index (χ4v) is 7.81. The van der Waals surface area contributed by atoms with E-state index in [9.17, 15) is 33.4 Å². The zero-order valence-electron chi connectivity index (χ0n) is 37.4. The number of carbonyl (C=O) groups excluding carboxylic acids is 5. The summed E-state index contributed by atoms with van der Waals surface area (Å²) >= 11 is 0. The van der Waals surface area contributed by atoms with Gasteiger partial charge in [0.25, 0.3) is 11.8 Å². The largest absolute Gasteiger partial charge is 0.472 e. The SMILES string of the molecule is CCCCCCCCCCCCCC(=O)OCC(COP(=O)(O)OCCNC(=O)CCCc1ccc(N2C(=O)C=CC2=O)cc1)OC(=O)CCCCCCCCCCCCC.